The molecule has 3 rings (SSSR count). The molecule has 0 unspecified atom stereocenters. The molecule has 0 bridgehead atoms. The van der Waals surface area contributed by atoms with E-state index in [9.17, 15) is 9.59 Å². The van der Waals surface area contributed by atoms with Gasteiger partial charge in [0.2, 0.25) is 0 Å². The monoisotopic (exact) mass is 391 g/mol. The highest BCUT2D eigenvalue weighted by atomic mass is 16.5. The largest absolute Gasteiger partial charge is 0.496 e. The molecule has 1 atom stereocenters. The van der Waals surface area contributed by atoms with E-state index in [2.05, 4.69) is 12.2 Å². The van der Waals surface area contributed by atoms with E-state index in [1.165, 1.54) is 7.11 Å². The van der Waals surface area contributed by atoms with Crippen molar-refractivity contribution in [2.75, 3.05) is 13.7 Å². The Morgan fingerprint density at radius 3 is 2.28 bits per heavy atom. The van der Waals surface area contributed by atoms with Crippen molar-refractivity contribution >= 4 is 22.6 Å². The Hall–Kier alpha value is -3.34. The van der Waals surface area contributed by atoms with Gasteiger partial charge >= 0.3 is 5.97 Å². The van der Waals surface area contributed by atoms with Crippen LogP contribution in [-0.4, -0.2) is 25.6 Å². The summed E-state index contributed by atoms with van der Waals surface area (Å²) in [5, 5.41) is 4.81. The highest BCUT2D eigenvalue weighted by molar-refractivity contribution is 5.99. The number of carbonyl (C=O) groups is 2. The summed E-state index contributed by atoms with van der Waals surface area (Å²) in [5.41, 5.74) is 1.33. The van der Waals surface area contributed by atoms with Crippen LogP contribution in [0.4, 0.5) is 0 Å². The molecule has 0 spiro atoms. The van der Waals surface area contributed by atoms with Gasteiger partial charge in [0.15, 0.2) is 6.61 Å². The predicted octanol–water partition coefficient (Wildman–Crippen LogP) is 4.66. The second-order valence-electron chi connectivity index (χ2n) is 6.80. The molecule has 0 saturated carbocycles. The van der Waals surface area contributed by atoms with Crippen molar-refractivity contribution in [1.82, 2.24) is 5.32 Å². The van der Waals surface area contributed by atoms with Crippen LogP contribution in [-0.2, 0) is 9.53 Å². The number of rotatable bonds is 8. The Kier molecular flexibility index (Phi) is 6.85. The van der Waals surface area contributed by atoms with Crippen molar-refractivity contribution in [1.29, 1.82) is 0 Å². The molecule has 0 aliphatic carbocycles. The number of ether oxygens (including phenoxy) is 2. The summed E-state index contributed by atoms with van der Waals surface area (Å²) in [6.07, 6.45) is 1.73. The molecule has 5 heteroatoms. The average molecular weight is 391 g/mol. The van der Waals surface area contributed by atoms with E-state index >= 15 is 0 Å². The number of carbonyl (C=O) groups excluding carboxylic acids is 2. The maximum Gasteiger partial charge on any atom is 0.342 e. The first-order valence-electron chi connectivity index (χ1n) is 9.70. The summed E-state index contributed by atoms with van der Waals surface area (Å²) in [4.78, 5) is 25.0. The normalized spacial score (nSPS) is 11.7. The zero-order chi connectivity index (χ0) is 20.6. The second kappa shape index (κ2) is 9.73. The van der Waals surface area contributed by atoms with Gasteiger partial charge in [-0.05, 0) is 34.9 Å². The van der Waals surface area contributed by atoms with E-state index in [-0.39, 0.29) is 18.6 Å². The summed E-state index contributed by atoms with van der Waals surface area (Å²) in [7, 11) is 1.50. The van der Waals surface area contributed by atoms with Crippen molar-refractivity contribution in [3.8, 4) is 5.75 Å². The van der Waals surface area contributed by atoms with Crippen LogP contribution in [0.2, 0.25) is 0 Å². The fourth-order valence-electron chi connectivity index (χ4n) is 3.29. The molecule has 0 aromatic heterocycles. The first kappa shape index (κ1) is 20.4. The molecule has 1 N–H and O–H groups in total. The number of nitrogens with one attached hydrogen (secondary N) is 1. The molecule has 29 heavy (non-hydrogen) atoms. The number of fused-ring (bicyclic) bond motifs is 1. The second-order valence-corrected chi connectivity index (χ2v) is 6.80. The van der Waals surface area contributed by atoms with E-state index < -0.39 is 5.97 Å². The summed E-state index contributed by atoms with van der Waals surface area (Å²) in [6.45, 7) is 1.72. The zero-order valence-electron chi connectivity index (χ0n) is 16.7. The Balaban J connectivity index is 1.66. The average Bonchev–Trinajstić information content (AvgIpc) is 2.76. The van der Waals surface area contributed by atoms with Crippen molar-refractivity contribution in [3.05, 3.63) is 77.9 Å². The molecule has 3 aromatic rings. The molecule has 0 aliphatic rings. The van der Waals surface area contributed by atoms with Crippen molar-refractivity contribution in [3.63, 3.8) is 0 Å². The summed E-state index contributed by atoms with van der Waals surface area (Å²) in [5.74, 6) is -0.503. The Morgan fingerprint density at radius 2 is 1.62 bits per heavy atom. The minimum absolute atomic E-state index is 0.109. The zero-order valence-corrected chi connectivity index (χ0v) is 16.7. The molecule has 150 valence electrons. The highest BCUT2D eigenvalue weighted by Crippen LogP contribution is 2.26. The van der Waals surface area contributed by atoms with E-state index in [0.29, 0.717) is 11.3 Å². The SMILES string of the molecule is CCC[C@@H](NC(=O)COC(=O)c1cc2ccccc2cc1OC)c1ccccc1. The van der Waals surface area contributed by atoms with Gasteiger partial charge in [0.1, 0.15) is 11.3 Å². The van der Waals surface area contributed by atoms with Gasteiger partial charge in [0, 0.05) is 0 Å². The molecule has 5 nitrogen and oxygen atoms in total. The molecule has 3 aromatic carbocycles. The fourth-order valence-corrected chi connectivity index (χ4v) is 3.29. The molecular formula is C24H25NO4. The number of esters is 1. The summed E-state index contributed by atoms with van der Waals surface area (Å²) >= 11 is 0. The Morgan fingerprint density at radius 1 is 0.966 bits per heavy atom. The molecule has 0 radical (unpaired) electrons. The lowest BCUT2D eigenvalue weighted by molar-refractivity contribution is -0.125. The minimum Gasteiger partial charge on any atom is -0.496 e. The van der Waals surface area contributed by atoms with Gasteiger partial charge in [-0.1, -0.05) is 67.9 Å². The number of hydrogen-bond acceptors (Lipinski definition) is 4. The van der Waals surface area contributed by atoms with Crippen molar-refractivity contribution in [2.24, 2.45) is 0 Å². The number of methoxy groups -OCH3 is 1. The lowest BCUT2D eigenvalue weighted by atomic mass is 10.0. The van der Waals surface area contributed by atoms with Crippen molar-refractivity contribution in [2.45, 2.75) is 25.8 Å². The maximum absolute atomic E-state index is 12.6. The van der Waals surface area contributed by atoms with Crippen LogP contribution in [0, 0.1) is 0 Å². The van der Waals surface area contributed by atoms with Gasteiger partial charge in [-0.25, -0.2) is 4.79 Å². The van der Waals surface area contributed by atoms with E-state index in [1.54, 1.807) is 12.1 Å². The van der Waals surface area contributed by atoms with Gasteiger partial charge in [-0.15, -0.1) is 0 Å². The third-order valence-electron chi connectivity index (χ3n) is 4.74. The van der Waals surface area contributed by atoms with Crippen LogP contribution in [0.1, 0.15) is 41.7 Å². The highest BCUT2D eigenvalue weighted by Gasteiger charge is 2.18. The number of hydrogen-bond donors (Lipinski definition) is 1. The predicted molar refractivity (Wildman–Crippen MR) is 113 cm³/mol. The lowest BCUT2D eigenvalue weighted by Crippen LogP contribution is -2.32. The van der Waals surface area contributed by atoms with Gasteiger partial charge < -0.3 is 14.8 Å². The standard InChI is InChI=1S/C24H25NO4/c1-3-9-21(17-10-5-4-6-11-17)25-23(26)16-29-24(27)20-14-18-12-7-8-13-19(18)15-22(20)28-2/h4-8,10-15,21H,3,9,16H2,1-2H3,(H,25,26)/t21-/m1/s1. The Labute approximate surface area is 170 Å². The summed E-state index contributed by atoms with van der Waals surface area (Å²) in [6, 6.07) is 20.8. The Bertz CT molecular complexity index is 985. The van der Waals surface area contributed by atoms with Gasteiger partial charge in [0.25, 0.3) is 5.91 Å². The van der Waals surface area contributed by atoms with Gasteiger partial charge in [-0.3, -0.25) is 4.79 Å². The molecule has 0 saturated heterocycles. The van der Waals surface area contributed by atoms with Gasteiger partial charge in [0.05, 0.1) is 13.2 Å². The minimum atomic E-state index is -0.588. The molecule has 1 amide bonds. The maximum atomic E-state index is 12.6. The fraction of sp³-hybridized carbons (Fsp3) is 0.250. The van der Waals surface area contributed by atoms with E-state index in [4.69, 9.17) is 9.47 Å². The first-order chi connectivity index (χ1) is 14.1. The number of amides is 1. The first-order valence-corrected chi connectivity index (χ1v) is 9.70. The van der Waals surface area contributed by atoms with E-state index in [1.807, 2.05) is 54.6 Å². The van der Waals surface area contributed by atoms with Crippen LogP contribution >= 0.6 is 0 Å². The molecule has 0 heterocycles. The molecular weight excluding hydrogens is 366 g/mol. The third kappa shape index (κ3) is 5.13. The molecule has 0 aliphatic heterocycles. The van der Waals surface area contributed by atoms with Crippen LogP contribution in [0.25, 0.3) is 10.8 Å². The van der Waals surface area contributed by atoms with Crippen LogP contribution < -0.4 is 10.1 Å². The number of benzene rings is 3. The van der Waals surface area contributed by atoms with E-state index in [0.717, 1.165) is 29.2 Å². The van der Waals surface area contributed by atoms with Gasteiger partial charge in [-0.2, -0.15) is 0 Å². The molecule has 0 fully saturated rings. The van der Waals surface area contributed by atoms with Crippen LogP contribution in [0.5, 0.6) is 5.75 Å². The lowest BCUT2D eigenvalue weighted by Gasteiger charge is -2.18. The quantitative estimate of drug-likeness (QED) is 0.567. The topological polar surface area (TPSA) is 64.6 Å². The van der Waals surface area contributed by atoms with Crippen molar-refractivity contribution < 1.29 is 19.1 Å². The smallest absolute Gasteiger partial charge is 0.342 e. The van der Waals surface area contributed by atoms with Crippen LogP contribution in [0.3, 0.4) is 0 Å². The van der Waals surface area contributed by atoms with Crippen LogP contribution in [0.15, 0.2) is 66.7 Å². The third-order valence-corrected chi connectivity index (χ3v) is 4.74. The summed E-state index contributed by atoms with van der Waals surface area (Å²) < 4.78 is 10.6.